The molecule has 0 saturated heterocycles. The van der Waals surface area contributed by atoms with Gasteiger partial charge < -0.3 is 15.6 Å². The second-order valence-electron chi connectivity index (χ2n) is 5.03. The normalized spacial score (nSPS) is 10.7. The van der Waals surface area contributed by atoms with Crippen LogP contribution in [0.1, 0.15) is 25.6 Å². The van der Waals surface area contributed by atoms with Gasteiger partial charge in [-0.3, -0.25) is 4.79 Å². The van der Waals surface area contributed by atoms with Crippen LogP contribution < -0.4 is 10.5 Å². The number of thiophene rings is 1. The van der Waals surface area contributed by atoms with E-state index in [0.29, 0.717) is 21.9 Å². The maximum absolute atomic E-state index is 11.5. The third-order valence-corrected chi connectivity index (χ3v) is 4.89. The number of fused-ring (bicyclic) bond motifs is 1. The molecule has 0 aliphatic carbocycles. The minimum atomic E-state index is -1.00. The highest BCUT2D eigenvalue weighted by Gasteiger charge is 2.18. The number of rotatable bonds is 5. The number of carboxylic acids is 1. The van der Waals surface area contributed by atoms with Crippen LogP contribution in [-0.2, 0) is 6.61 Å². The first-order chi connectivity index (χ1) is 11.5. The quantitative estimate of drug-likeness (QED) is 0.720. The summed E-state index contributed by atoms with van der Waals surface area (Å²) >= 11 is 7.13. The molecule has 3 rings (SSSR count). The lowest BCUT2D eigenvalue weighted by atomic mass is 10.1. The summed E-state index contributed by atoms with van der Waals surface area (Å²) in [5.74, 6) is -1.00. The summed E-state index contributed by atoms with van der Waals surface area (Å²) in [4.78, 5) is 22.8. The summed E-state index contributed by atoms with van der Waals surface area (Å²) in [6.07, 6.45) is 0. The van der Waals surface area contributed by atoms with Gasteiger partial charge in [-0.15, -0.1) is 11.3 Å². The highest BCUT2D eigenvalue weighted by Crippen LogP contribution is 2.34. The van der Waals surface area contributed by atoms with Gasteiger partial charge >= 0.3 is 5.97 Å². The Morgan fingerprint density at radius 2 is 1.88 bits per heavy atom. The molecule has 3 N–H and O–H groups in total. The smallest absolute Gasteiger partial charge is 0.346 e. The highest BCUT2D eigenvalue weighted by atomic mass is 35.5. The van der Waals surface area contributed by atoms with Gasteiger partial charge in [0.2, 0.25) is 5.91 Å². The number of hydrogen-bond donors (Lipinski definition) is 2. The lowest BCUT2D eigenvalue weighted by Crippen LogP contribution is -2.10. The van der Waals surface area contributed by atoms with Crippen LogP contribution in [0.3, 0.4) is 0 Å². The summed E-state index contributed by atoms with van der Waals surface area (Å²) in [7, 11) is 0. The molecule has 0 radical (unpaired) electrons. The minimum Gasteiger partial charge on any atom is -0.489 e. The van der Waals surface area contributed by atoms with Crippen molar-refractivity contribution in [2.24, 2.45) is 5.73 Å². The Morgan fingerprint density at radius 1 is 1.17 bits per heavy atom. The number of carbonyl (C=O) groups is 2. The molecule has 0 unspecified atom stereocenters. The monoisotopic (exact) mass is 361 g/mol. The zero-order chi connectivity index (χ0) is 17.3. The second kappa shape index (κ2) is 6.51. The predicted octanol–water partition coefficient (Wildman–Crippen LogP) is 3.93. The Labute approximate surface area is 146 Å². The first kappa shape index (κ1) is 16.3. The van der Waals surface area contributed by atoms with Gasteiger partial charge in [-0.2, -0.15) is 0 Å². The number of carboxylic acid groups (broad SMARTS) is 1. The maximum atomic E-state index is 11.5. The van der Waals surface area contributed by atoms with Crippen molar-refractivity contribution < 1.29 is 19.4 Å². The molecule has 2 aromatic carbocycles. The molecule has 0 aliphatic rings. The van der Waals surface area contributed by atoms with Crippen LogP contribution in [0.15, 0.2) is 42.5 Å². The van der Waals surface area contributed by atoms with Crippen LogP contribution in [0.5, 0.6) is 5.75 Å². The van der Waals surface area contributed by atoms with Gasteiger partial charge in [0.1, 0.15) is 17.2 Å². The van der Waals surface area contributed by atoms with Crippen LogP contribution in [0.4, 0.5) is 0 Å². The fourth-order valence-corrected chi connectivity index (χ4v) is 3.63. The van der Waals surface area contributed by atoms with Crippen molar-refractivity contribution >= 4 is 44.9 Å². The standard InChI is InChI=1S/C17H12ClNO4S/c18-10-3-6-12-13(15(17(21)22)24-14(12)7-10)8-23-11-4-1-9(2-5-11)16(19)20/h1-7H,8H2,(H2,19,20)(H,21,22). The van der Waals surface area contributed by atoms with Crippen molar-refractivity contribution in [2.75, 3.05) is 0 Å². The largest absolute Gasteiger partial charge is 0.489 e. The van der Waals surface area contributed by atoms with Gasteiger partial charge in [-0.25, -0.2) is 4.79 Å². The topological polar surface area (TPSA) is 89.6 Å². The molecule has 0 aliphatic heterocycles. The van der Waals surface area contributed by atoms with E-state index >= 15 is 0 Å². The Balaban J connectivity index is 1.90. The summed E-state index contributed by atoms with van der Waals surface area (Å²) in [5, 5.41) is 10.8. The van der Waals surface area contributed by atoms with Crippen LogP contribution >= 0.6 is 22.9 Å². The average Bonchev–Trinajstić information content (AvgIpc) is 2.91. The van der Waals surface area contributed by atoms with Gasteiger partial charge in [0, 0.05) is 26.2 Å². The number of benzene rings is 2. The number of carbonyl (C=O) groups excluding carboxylic acids is 1. The molecule has 24 heavy (non-hydrogen) atoms. The first-order valence-corrected chi connectivity index (χ1v) is 8.12. The lowest BCUT2D eigenvalue weighted by molar-refractivity contribution is 0.0699. The molecule has 1 aromatic heterocycles. The molecule has 3 aromatic rings. The molecular formula is C17H12ClNO4S. The molecule has 0 saturated carbocycles. The molecule has 1 amide bonds. The Bertz CT molecular complexity index is 934. The molecule has 0 fully saturated rings. The van der Waals surface area contributed by atoms with Gasteiger partial charge in [0.05, 0.1) is 0 Å². The van der Waals surface area contributed by atoms with Crippen molar-refractivity contribution in [1.29, 1.82) is 0 Å². The van der Waals surface area contributed by atoms with Crippen LogP contribution in [0.2, 0.25) is 5.02 Å². The molecule has 5 nitrogen and oxygen atoms in total. The van der Waals surface area contributed by atoms with Gasteiger partial charge in [0.25, 0.3) is 0 Å². The molecular weight excluding hydrogens is 350 g/mol. The van der Waals surface area contributed by atoms with Gasteiger partial charge in [-0.1, -0.05) is 17.7 Å². The summed E-state index contributed by atoms with van der Waals surface area (Å²) in [6.45, 7) is 0.0964. The lowest BCUT2D eigenvalue weighted by Gasteiger charge is -2.07. The van der Waals surface area contributed by atoms with E-state index in [1.54, 1.807) is 42.5 Å². The predicted molar refractivity (Wildman–Crippen MR) is 93.1 cm³/mol. The van der Waals surface area contributed by atoms with Crippen molar-refractivity contribution in [3.05, 3.63) is 63.5 Å². The number of hydrogen-bond acceptors (Lipinski definition) is 4. The third-order valence-electron chi connectivity index (χ3n) is 3.47. The third kappa shape index (κ3) is 3.20. The van der Waals surface area contributed by atoms with Crippen LogP contribution in [0, 0.1) is 0 Å². The van der Waals surface area contributed by atoms with Crippen molar-refractivity contribution in [1.82, 2.24) is 0 Å². The van der Waals surface area contributed by atoms with E-state index < -0.39 is 11.9 Å². The van der Waals surface area contributed by atoms with E-state index in [0.717, 1.165) is 21.4 Å². The van der Waals surface area contributed by atoms with Crippen molar-refractivity contribution in [3.63, 3.8) is 0 Å². The summed E-state index contributed by atoms with van der Waals surface area (Å²) in [6, 6.07) is 11.6. The zero-order valence-electron chi connectivity index (χ0n) is 12.3. The minimum absolute atomic E-state index is 0.0964. The van der Waals surface area contributed by atoms with Crippen molar-refractivity contribution in [3.8, 4) is 5.75 Å². The first-order valence-electron chi connectivity index (χ1n) is 6.92. The van der Waals surface area contributed by atoms with E-state index in [1.165, 1.54) is 0 Å². The maximum Gasteiger partial charge on any atom is 0.346 e. The number of amides is 1. The van der Waals surface area contributed by atoms with E-state index in [-0.39, 0.29) is 11.5 Å². The van der Waals surface area contributed by atoms with Crippen LogP contribution in [0.25, 0.3) is 10.1 Å². The molecule has 122 valence electrons. The SMILES string of the molecule is NC(=O)c1ccc(OCc2c(C(=O)O)sc3cc(Cl)ccc23)cc1. The zero-order valence-corrected chi connectivity index (χ0v) is 13.9. The van der Waals surface area contributed by atoms with E-state index in [9.17, 15) is 14.7 Å². The second-order valence-corrected chi connectivity index (χ2v) is 6.52. The molecule has 0 bridgehead atoms. The summed E-state index contributed by atoms with van der Waals surface area (Å²) < 4.78 is 6.47. The molecule has 1 heterocycles. The highest BCUT2D eigenvalue weighted by molar-refractivity contribution is 7.21. The van der Waals surface area contributed by atoms with Gasteiger partial charge in [0.15, 0.2) is 0 Å². The Morgan fingerprint density at radius 3 is 2.50 bits per heavy atom. The Kier molecular flexibility index (Phi) is 4.42. The number of aromatic carboxylic acids is 1. The summed E-state index contributed by atoms with van der Waals surface area (Å²) in [5.41, 5.74) is 6.16. The van der Waals surface area contributed by atoms with E-state index in [2.05, 4.69) is 0 Å². The van der Waals surface area contributed by atoms with E-state index in [4.69, 9.17) is 22.1 Å². The number of primary amides is 1. The molecule has 0 atom stereocenters. The Hall–Kier alpha value is -2.57. The fraction of sp³-hybridized carbons (Fsp3) is 0.0588. The van der Waals surface area contributed by atoms with Crippen molar-refractivity contribution in [2.45, 2.75) is 6.61 Å². The average molecular weight is 362 g/mol. The fourth-order valence-electron chi connectivity index (χ4n) is 2.31. The van der Waals surface area contributed by atoms with Gasteiger partial charge in [-0.05, 0) is 36.4 Å². The van der Waals surface area contributed by atoms with Crippen LogP contribution in [-0.4, -0.2) is 17.0 Å². The number of halogens is 1. The molecule has 0 spiro atoms. The van der Waals surface area contributed by atoms with E-state index in [1.807, 2.05) is 0 Å². The molecule has 7 heteroatoms. The number of nitrogens with two attached hydrogens (primary N) is 1. The number of ether oxygens (including phenoxy) is 1.